The van der Waals surface area contributed by atoms with Gasteiger partial charge < -0.3 is 9.88 Å². The van der Waals surface area contributed by atoms with E-state index in [0.29, 0.717) is 18.3 Å². The van der Waals surface area contributed by atoms with E-state index in [2.05, 4.69) is 21.9 Å². The number of sulfonamides is 1. The summed E-state index contributed by atoms with van der Waals surface area (Å²) in [6.45, 7) is 2.86. The molecule has 0 bridgehead atoms. The summed E-state index contributed by atoms with van der Waals surface area (Å²) in [4.78, 5) is 3.96. The highest BCUT2D eigenvalue weighted by Crippen LogP contribution is 2.26. The molecule has 28 heavy (non-hydrogen) atoms. The third-order valence-corrected chi connectivity index (χ3v) is 6.77. The summed E-state index contributed by atoms with van der Waals surface area (Å²) in [6.07, 6.45) is 12.3. The fraction of sp³-hybridized carbons (Fsp3) is 0.571. The summed E-state index contributed by atoms with van der Waals surface area (Å²) in [7, 11) is -1.94. The summed E-state index contributed by atoms with van der Waals surface area (Å²) >= 11 is 0. The van der Waals surface area contributed by atoms with E-state index >= 15 is 0 Å². The second-order valence-corrected chi connectivity index (χ2v) is 9.64. The first-order chi connectivity index (χ1) is 13.4. The van der Waals surface area contributed by atoms with Crippen molar-refractivity contribution in [2.75, 3.05) is 4.72 Å². The molecule has 1 aromatic heterocycles. The normalized spacial score (nSPS) is 17.2. The van der Waals surface area contributed by atoms with Gasteiger partial charge in [0, 0.05) is 25.8 Å². The maximum Gasteiger partial charge on any atom is 0.280 e. The predicted molar refractivity (Wildman–Crippen MR) is 113 cm³/mol. The molecule has 6 nitrogen and oxygen atoms in total. The van der Waals surface area contributed by atoms with E-state index in [0.717, 1.165) is 11.5 Å². The van der Waals surface area contributed by atoms with Crippen LogP contribution in [0.2, 0.25) is 0 Å². The first-order valence-corrected chi connectivity index (χ1v) is 11.7. The highest BCUT2D eigenvalue weighted by molar-refractivity contribution is 7.92. The zero-order valence-corrected chi connectivity index (χ0v) is 17.7. The number of nitrogens with zero attached hydrogens (tertiary/aromatic N) is 2. The monoisotopic (exact) mass is 404 g/mol. The van der Waals surface area contributed by atoms with Gasteiger partial charge in [0.1, 0.15) is 0 Å². The SMILES string of the molecule is C[C@@H](CC1CCCCCC1)NCc1ccccc1NS(=O)(=O)c1cn(C)cn1. The molecule has 1 aromatic carbocycles. The maximum absolute atomic E-state index is 12.6. The van der Waals surface area contributed by atoms with Crippen LogP contribution in [0.1, 0.15) is 57.4 Å². The van der Waals surface area contributed by atoms with Gasteiger partial charge in [-0.15, -0.1) is 0 Å². The van der Waals surface area contributed by atoms with E-state index in [1.165, 1.54) is 57.5 Å². The van der Waals surface area contributed by atoms with E-state index in [1.807, 2.05) is 18.2 Å². The van der Waals surface area contributed by atoms with Crippen molar-refractivity contribution in [2.24, 2.45) is 13.0 Å². The predicted octanol–water partition coefficient (Wildman–Crippen LogP) is 4.06. The van der Waals surface area contributed by atoms with Gasteiger partial charge in [-0.25, -0.2) is 4.98 Å². The molecule has 1 atom stereocenters. The lowest BCUT2D eigenvalue weighted by Gasteiger charge is -2.21. The molecular weight excluding hydrogens is 372 g/mol. The molecule has 0 spiro atoms. The van der Waals surface area contributed by atoms with Crippen LogP contribution in [0, 0.1) is 5.92 Å². The number of anilines is 1. The van der Waals surface area contributed by atoms with Crippen molar-refractivity contribution >= 4 is 15.7 Å². The van der Waals surface area contributed by atoms with Crippen LogP contribution in [-0.2, 0) is 23.6 Å². The maximum atomic E-state index is 12.6. The van der Waals surface area contributed by atoms with Gasteiger partial charge in [0.05, 0.1) is 12.0 Å². The summed E-state index contributed by atoms with van der Waals surface area (Å²) in [5, 5.41) is 3.61. The Kier molecular flexibility index (Phi) is 7.13. The average Bonchev–Trinajstić information content (AvgIpc) is 2.95. The number of aryl methyl sites for hydroxylation is 1. The van der Waals surface area contributed by atoms with Crippen molar-refractivity contribution in [3.05, 3.63) is 42.4 Å². The van der Waals surface area contributed by atoms with Crippen molar-refractivity contribution in [3.63, 3.8) is 0 Å². The Labute approximate surface area is 168 Å². The van der Waals surface area contributed by atoms with Crippen LogP contribution in [0.3, 0.4) is 0 Å². The third kappa shape index (κ3) is 5.82. The molecule has 1 saturated carbocycles. The smallest absolute Gasteiger partial charge is 0.280 e. The van der Waals surface area contributed by atoms with Crippen LogP contribution >= 0.6 is 0 Å². The molecule has 154 valence electrons. The van der Waals surface area contributed by atoms with E-state index in [1.54, 1.807) is 17.7 Å². The standard InChI is InChI=1S/C21H32N4O2S/c1-17(13-18-9-5-3-4-6-10-18)22-14-19-11-7-8-12-20(19)24-28(26,27)21-15-25(2)16-23-21/h7-8,11-12,15-18,22,24H,3-6,9-10,13-14H2,1-2H3/t17-/m0/s1. The number of hydrogen-bond acceptors (Lipinski definition) is 4. The number of rotatable bonds is 8. The zero-order chi connectivity index (χ0) is 20.0. The van der Waals surface area contributed by atoms with E-state index < -0.39 is 10.0 Å². The number of aromatic nitrogens is 2. The Morgan fingerprint density at radius 2 is 1.89 bits per heavy atom. The van der Waals surface area contributed by atoms with Gasteiger partial charge in [-0.2, -0.15) is 8.42 Å². The summed E-state index contributed by atoms with van der Waals surface area (Å²) in [5.41, 5.74) is 1.54. The van der Waals surface area contributed by atoms with Crippen LogP contribution in [-0.4, -0.2) is 24.0 Å². The van der Waals surface area contributed by atoms with Crippen LogP contribution in [0.4, 0.5) is 5.69 Å². The number of para-hydroxylation sites is 1. The van der Waals surface area contributed by atoms with Gasteiger partial charge in [0.25, 0.3) is 10.0 Å². The Morgan fingerprint density at radius 3 is 2.57 bits per heavy atom. The lowest BCUT2D eigenvalue weighted by Crippen LogP contribution is -2.28. The molecule has 0 radical (unpaired) electrons. The number of imidazole rings is 1. The van der Waals surface area contributed by atoms with Gasteiger partial charge in [-0.1, -0.05) is 56.7 Å². The molecule has 1 fully saturated rings. The molecule has 2 aromatic rings. The first-order valence-electron chi connectivity index (χ1n) is 10.3. The molecule has 1 aliphatic carbocycles. The van der Waals surface area contributed by atoms with Crippen LogP contribution in [0.5, 0.6) is 0 Å². The molecule has 1 heterocycles. The molecule has 1 aliphatic rings. The van der Waals surface area contributed by atoms with Gasteiger partial charge in [-0.05, 0) is 30.9 Å². The molecule has 2 N–H and O–H groups in total. The van der Waals surface area contributed by atoms with E-state index in [9.17, 15) is 8.42 Å². The third-order valence-electron chi connectivity index (χ3n) is 5.52. The van der Waals surface area contributed by atoms with E-state index in [-0.39, 0.29) is 5.03 Å². The Hall–Kier alpha value is -1.86. The molecular formula is C21H32N4O2S. The average molecular weight is 405 g/mol. The van der Waals surface area contributed by atoms with Gasteiger partial charge in [-0.3, -0.25) is 4.72 Å². The van der Waals surface area contributed by atoms with Crippen LogP contribution in [0.25, 0.3) is 0 Å². The zero-order valence-electron chi connectivity index (χ0n) is 16.9. The fourth-order valence-electron chi connectivity index (χ4n) is 3.97. The quantitative estimate of drug-likeness (QED) is 0.651. The van der Waals surface area contributed by atoms with Gasteiger partial charge >= 0.3 is 0 Å². The first kappa shape index (κ1) is 20.9. The summed E-state index contributed by atoms with van der Waals surface area (Å²) < 4.78 is 29.5. The molecule has 0 unspecified atom stereocenters. The van der Waals surface area contributed by atoms with Crippen molar-refractivity contribution in [2.45, 2.75) is 69.5 Å². The molecule has 0 amide bonds. The molecule has 3 rings (SSSR count). The fourth-order valence-corrected chi connectivity index (χ4v) is 5.05. The van der Waals surface area contributed by atoms with Crippen molar-refractivity contribution in [1.82, 2.24) is 14.9 Å². The lowest BCUT2D eigenvalue weighted by atomic mass is 9.93. The van der Waals surface area contributed by atoms with Crippen LogP contribution < -0.4 is 10.0 Å². The Morgan fingerprint density at radius 1 is 1.18 bits per heavy atom. The molecule has 7 heteroatoms. The minimum absolute atomic E-state index is 0.0273. The van der Waals surface area contributed by atoms with Crippen LogP contribution in [0.15, 0.2) is 41.8 Å². The molecule has 0 saturated heterocycles. The minimum atomic E-state index is -3.69. The number of hydrogen-bond donors (Lipinski definition) is 2. The number of benzene rings is 1. The van der Waals surface area contributed by atoms with Crippen molar-refractivity contribution in [1.29, 1.82) is 0 Å². The van der Waals surface area contributed by atoms with Gasteiger partial charge in [0.2, 0.25) is 0 Å². The van der Waals surface area contributed by atoms with Gasteiger partial charge in [0.15, 0.2) is 5.03 Å². The highest BCUT2D eigenvalue weighted by atomic mass is 32.2. The lowest BCUT2D eigenvalue weighted by molar-refractivity contribution is 0.363. The molecule has 0 aliphatic heterocycles. The van der Waals surface area contributed by atoms with Crippen molar-refractivity contribution in [3.8, 4) is 0 Å². The minimum Gasteiger partial charge on any atom is -0.339 e. The second-order valence-electron chi connectivity index (χ2n) is 8.02. The Balaban J connectivity index is 1.60. The number of nitrogens with one attached hydrogen (secondary N) is 2. The highest BCUT2D eigenvalue weighted by Gasteiger charge is 2.19. The topological polar surface area (TPSA) is 76.0 Å². The Bertz CT molecular complexity index is 855. The second kappa shape index (κ2) is 9.56. The summed E-state index contributed by atoms with van der Waals surface area (Å²) in [5.74, 6) is 0.808. The summed E-state index contributed by atoms with van der Waals surface area (Å²) in [6, 6.07) is 7.94. The van der Waals surface area contributed by atoms with Crippen molar-refractivity contribution < 1.29 is 8.42 Å². The largest absolute Gasteiger partial charge is 0.339 e. The van der Waals surface area contributed by atoms with E-state index in [4.69, 9.17) is 0 Å².